The molecule has 1 aromatic heterocycles. The van der Waals surface area contributed by atoms with Crippen LogP contribution in [0, 0.1) is 4.77 Å². The molecule has 25 heavy (non-hydrogen) atoms. The fraction of sp³-hybridized carbons (Fsp3) is 0.105. The fourth-order valence-corrected chi connectivity index (χ4v) is 2.75. The van der Waals surface area contributed by atoms with Crippen molar-refractivity contribution in [3.05, 3.63) is 70.5 Å². The molecule has 126 valence electrons. The molecular weight excluding hydrogens is 336 g/mol. The number of hydrogen-bond donors (Lipinski definition) is 1. The fourth-order valence-electron chi connectivity index (χ4n) is 2.49. The van der Waals surface area contributed by atoms with Crippen molar-refractivity contribution in [2.24, 2.45) is 0 Å². The highest BCUT2D eigenvalue weighted by atomic mass is 32.1. The number of esters is 1. The second kappa shape index (κ2) is 7.27. The number of nitrogens with one attached hydrogen (secondary N) is 1. The van der Waals surface area contributed by atoms with Crippen LogP contribution < -0.4 is 0 Å². The molecule has 0 atom stereocenters. The largest absolute Gasteiger partial charge is 0.462 e. The van der Waals surface area contributed by atoms with E-state index >= 15 is 0 Å². The van der Waals surface area contributed by atoms with Gasteiger partial charge in [0.05, 0.1) is 17.6 Å². The predicted octanol–water partition coefficient (Wildman–Crippen LogP) is 3.99. The quantitative estimate of drug-likeness (QED) is 0.188. The molecule has 0 aliphatic heterocycles. The zero-order valence-electron chi connectivity index (χ0n) is 13.6. The summed E-state index contributed by atoms with van der Waals surface area (Å²) < 4.78 is 7.06. The van der Waals surface area contributed by atoms with Crippen LogP contribution in [0.25, 0.3) is 17.2 Å². The van der Waals surface area contributed by atoms with Crippen molar-refractivity contribution in [2.45, 2.75) is 6.92 Å². The Morgan fingerprint density at radius 2 is 1.80 bits per heavy atom. The molecule has 1 heterocycles. The number of benzene rings is 2. The smallest absolute Gasteiger partial charge is 0.343 e. The maximum Gasteiger partial charge on any atom is 0.343 e. The lowest BCUT2D eigenvalue weighted by Gasteiger charge is -2.07. The van der Waals surface area contributed by atoms with E-state index in [9.17, 15) is 9.59 Å². The summed E-state index contributed by atoms with van der Waals surface area (Å²) in [6.45, 7) is 1.87. The molecule has 0 saturated carbocycles. The van der Waals surface area contributed by atoms with Crippen molar-refractivity contribution in [2.75, 3.05) is 6.61 Å². The number of aromatic nitrogens is 2. The zero-order chi connectivity index (χ0) is 17.8. The summed E-state index contributed by atoms with van der Waals surface area (Å²) in [5, 5.41) is 0. The number of H-pyrrole nitrogens is 1. The van der Waals surface area contributed by atoms with Crippen molar-refractivity contribution in [3.63, 3.8) is 0 Å². The van der Waals surface area contributed by atoms with Crippen molar-refractivity contribution in [1.29, 1.82) is 0 Å². The van der Waals surface area contributed by atoms with E-state index in [1.54, 1.807) is 41.8 Å². The molecule has 5 nitrogen and oxygen atoms in total. The van der Waals surface area contributed by atoms with Gasteiger partial charge in [-0.05, 0) is 31.3 Å². The number of aromatic amines is 1. The van der Waals surface area contributed by atoms with E-state index < -0.39 is 11.8 Å². The first-order valence-corrected chi connectivity index (χ1v) is 8.20. The molecule has 0 aliphatic carbocycles. The van der Waals surface area contributed by atoms with Gasteiger partial charge >= 0.3 is 5.97 Å². The van der Waals surface area contributed by atoms with Gasteiger partial charge in [0, 0.05) is 11.8 Å². The lowest BCUT2D eigenvalue weighted by atomic mass is 10.0. The Bertz CT molecular complexity index is 1020. The van der Waals surface area contributed by atoms with Crippen LogP contribution in [0.4, 0.5) is 0 Å². The minimum Gasteiger partial charge on any atom is -0.462 e. The third-order valence-electron chi connectivity index (χ3n) is 3.66. The molecule has 3 aromatic rings. The summed E-state index contributed by atoms with van der Waals surface area (Å²) in [6.07, 6.45) is 1.44. The Balaban J connectivity index is 2.15. The average molecular weight is 352 g/mol. The van der Waals surface area contributed by atoms with Crippen LogP contribution in [-0.2, 0) is 9.53 Å². The molecule has 3 rings (SSSR count). The van der Waals surface area contributed by atoms with Gasteiger partial charge in [0.1, 0.15) is 5.57 Å². The molecule has 0 saturated heterocycles. The van der Waals surface area contributed by atoms with E-state index in [4.69, 9.17) is 17.0 Å². The summed E-state index contributed by atoms with van der Waals surface area (Å²) >= 11 is 5.33. The number of imidazole rings is 1. The average Bonchev–Trinajstić information content (AvgIpc) is 2.95. The minimum absolute atomic E-state index is 0.0751. The first kappa shape index (κ1) is 16.9. The summed E-state index contributed by atoms with van der Waals surface area (Å²) in [5.74, 6) is -1.09. The third-order valence-corrected chi connectivity index (χ3v) is 3.96. The standard InChI is InChI=1S/C19H16N2O3S/c1-2-24-18(23)14(17(22)13-8-4-3-5-9-13)12-21-16-11-7-6-10-15(16)20-19(21)25/h3-12H,2H2,1H3,(H,20,25). The molecule has 0 unspecified atom stereocenters. The van der Waals surface area contributed by atoms with Crippen LogP contribution in [0.1, 0.15) is 17.3 Å². The van der Waals surface area contributed by atoms with Gasteiger partial charge in [-0.15, -0.1) is 0 Å². The lowest BCUT2D eigenvalue weighted by Crippen LogP contribution is -2.17. The SMILES string of the molecule is CCOC(=O)C(=Cn1c(=S)[nH]c2ccccc21)C(=O)c1ccccc1. The third kappa shape index (κ3) is 3.44. The highest BCUT2D eigenvalue weighted by Gasteiger charge is 2.22. The van der Waals surface area contributed by atoms with Crippen LogP contribution in [0.5, 0.6) is 0 Å². The van der Waals surface area contributed by atoms with Gasteiger partial charge in [0.2, 0.25) is 5.78 Å². The Kier molecular flexibility index (Phi) is 4.90. The number of ketones is 1. The molecule has 1 N–H and O–H groups in total. The Labute approximate surface area is 149 Å². The summed E-state index contributed by atoms with van der Waals surface area (Å²) in [4.78, 5) is 28.2. The van der Waals surface area contributed by atoms with Gasteiger partial charge < -0.3 is 9.72 Å². The topological polar surface area (TPSA) is 64.1 Å². The number of fused-ring (bicyclic) bond motifs is 1. The van der Waals surface area contributed by atoms with Crippen LogP contribution in [-0.4, -0.2) is 27.9 Å². The van der Waals surface area contributed by atoms with Crippen LogP contribution in [0.2, 0.25) is 0 Å². The predicted molar refractivity (Wildman–Crippen MR) is 98.8 cm³/mol. The summed E-state index contributed by atoms with van der Waals surface area (Å²) in [5.41, 5.74) is 1.93. The number of hydrogen-bond acceptors (Lipinski definition) is 4. The molecule has 0 fully saturated rings. The first-order chi connectivity index (χ1) is 12.1. The van der Waals surface area contributed by atoms with E-state index in [1.165, 1.54) is 6.20 Å². The number of carbonyl (C=O) groups is 2. The summed E-state index contributed by atoms with van der Waals surface area (Å²) in [7, 11) is 0. The van der Waals surface area contributed by atoms with Gasteiger partial charge in [0.25, 0.3) is 0 Å². The van der Waals surface area contributed by atoms with E-state index in [2.05, 4.69) is 4.98 Å². The highest BCUT2D eigenvalue weighted by Crippen LogP contribution is 2.17. The second-order valence-corrected chi connectivity index (χ2v) is 5.66. The van der Waals surface area contributed by atoms with Crippen LogP contribution in [0.3, 0.4) is 0 Å². The Morgan fingerprint density at radius 1 is 1.12 bits per heavy atom. The number of rotatable bonds is 5. The lowest BCUT2D eigenvalue weighted by molar-refractivity contribution is -0.137. The van der Waals surface area contributed by atoms with E-state index in [1.807, 2.05) is 24.3 Å². The molecule has 2 aromatic carbocycles. The number of ether oxygens (including phenoxy) is 1. The Morgan fingerprint density at radius 3 is 2.52 bits per heavy atom. The minimum atomic E-state index is -0.677. The first-order valence-electron chi connectivity index (χ1n) is 7.79. The van der Waals surface area contributed by atoms with Gasteiger partial charge in [-0.25, -0.2) is 4.79 Å². The van der Waals surface area contributed by atoms with Crippen LogP contribution in [0.15, 0.2) is 60.2 Å². The van der Waals surface area contributed by atoms with Crippen molar-refractivity contribution < 1.29 is 14.3 Å². The van der Waals surface area contributed by atoms with Crippen molar-refractivity contribution in [3.8, 4) is 0 Å². The second-order valence-electron chi connectivity index (χ2n) is 5.28. The van der Waals surface area contributed by atoms with Gasteiger partial charge in [-0.1, -0.05) is 42.5 Å². The van der Waals surface area contributed by atoms with Gasteiger partial charge in [-0.2, -0.15) is 0 Å². The van der Waals surface area contributed by atoms with Crippen LogP contribution >= 0.6 is 12.2 Å². The number of carbonyl (C=O) groups excluding carboxylic acids is 2. The monoisotopic (exact) mass is 352 g/mol. The van der Waals surface area contributed by atoms with E-state index in [0.29, 0.717) is 10.3 Å². The zero-order valence-corrected chi connectivity index (χ0v) is 14.4. The van der Waals surface area contributed by atoms with Crippen molar-refractivity contribution in [1.82, 2.24) is 9.55 Å². The molecule has 0 amide bonds. The van der Waals surface area contributed by atoms with Gasteiger partial charge in [0.15, 0.2) is 4.77 Å². The Hall–Kier alpha value is -2.99. The maximum absolute atomic E-state index is 12.8. The summed E-state index contributed by atoms with van der Waals surface area (Å²) in [6, 6.07) is 16.1. The normalized spacial score (nSPS) is 11.5. The molecule has 0 radical (unpaired) electrons. The maximum atomic E-state index is 12.8. The highest BCUT2D eigenvalue weighted by molar-refractivity contribution is 7.71. The van der Waals surface area contributed by atoms with E-state index in [0.717, 1.165) is 11.0 Å². The molecule has 0 spiro atoms. The number of nitrogens with zero attached hydrogens (tertiary/aromatic N) is 1. The molecular formula is C19H16N2O3S. The molecule has 6 heteroatoms. The van der Waals surface area contributed by atoms with Gasteiger partial charge in [-0.3, -0.25) is 9.36 Å². The van der Waals surface area contributed by atoms with Crippen molar-refractivity contribution >= 4 is 41.2 Å². The molecule has 0 aliphatic rings. The number of para-hydroxylation sites is 2. The number of Topliss-reactive ketones (excluding diaryl/α,β-unsaturated/α-hetero) is 1. The molecule has 0 bridgehead atoms. The van der Waals surface area contributed by atoms with E-state index in [-0.39, 0.29) is 12.2 Å².